The topological polar surface area (TPSA) is 62.9 Å². The molecule has 2 aromatic rings. The fourth-order valence-electron chi connectivity index (χ4n) is 1.92. The zero-order chi connectivity index (χ0) is 15.1. The molecule has 110 valence electrons. The number of hydrogen-bond acceptors (Lipinski definition) is 5. The zero-order valence-corrected chi connectivity index (χ0v) is 13.0. The number of methoxy groups -OCH3 is 1. The largest absolute Gasteiger partial charge is 0.383 e. The van der Waals surface area contributed by atoms with Crippen LogP contribution in [0.25, 0.3) is 0 Å². The molecule has 0 bridgehead atoms. The van der Waals surface area contributed by atoms with Gasteiger partial charge in [-0.1, -0.05) is 13.0 Å². The number of aromatic nitrogens is 2. The summed E-state index contributed by atoms with van der Waals surface area (Å²) in [4.78, 5) is 0.997. The van der Waals surface area contributed by atoms with Crippen molar-refractivity contribution in [2.75, 3.05) is 24.8 Å². The van der Waals surface area contributed by atoms with Crippen molar-refractivity contribution in [3.8, 4) is 6.07 Å². The van der Waals surface area contributed by atoms with Crippen LogP contribution < -0.4 is 5.32 Å². The first-order chi connectivity index (χ1) is 10.3. The molecule has 6 heteroatoms. The highest BCUT2D eigenvalue weighted by molar-refractivity contribution is 7.99. The smallest absolute Gasteiger partial charge is 0.103 e. The maximum absolute atomic E-state index is 9.38. The molecule has 5 nitrogen and oxygen atoms in total. The van der Waals surface area contributed by atoms with E-state index in [2.05, 4.69) is 23.4 Å². The van der Waals surface area contributed by atoms with Gasteiger partial charge in [0.25, 0.3) is 0 Å². The Bertz CT molecular complexity index is 633. The molecule has 0 atom stereocenters. The van der Waals surface area contributed by atoms with E-state index < -0.39 is 0 Å². The summed E-state index contributed by atoms with van der Waals surface area (Å²) in [6.07, 6.45) is 3.65. The predicted molar refractivity (Wildman–Crippen MR) is 84.9 cm³/mol. The van der Waals surface area contributed by atoms with Crippen LogP contribution in [0.1, 0.15) is 12.5 Å². The summed E-state index contributed by atoms with van der Waals surface area (Å²) in [6.45, 7) is 3.40. The second kappa shape index (κ2) is 7.72. The van der Waals surface area contributed by atoms with E-state index in [0.717, 1.165) is 22.0 Å². The second-order valence-electron chi connectivity index (χ2n) is 4.33. The SMILES string of the molecule is CCSc1cccc(Nc2cnn(CCOC)c2)c1C#N. The Morgan fingerprint density at radius 3 is 3.05 bits per heavy atom. The van der Waals surface area contributed by atoms with Crippen molar-refractivity contribution < 1.29 is 4.74 Å². The molecule has 0 aliphatic heterocycles. The van der Waals surface area contributed by atoms with Gasteiger partial charge in [-0.05, 0) is 17.9 Å². The van der Waals surface area contributed by atoms with Crippen molar-refractivity contribution in [2.24, 2.45) is 0 Å². The van der Waals surface area contributed by atoms with E-state index in [1.54, 1.807) is 25.1 Å². The number of nitriles is 1. The van der Waals surface area contributed by atoms with Crippen LogP contribution in [0.5, 0.6) is 0 Å². The minimum Gasteiger partial charge on any atom is -0.383 e. The number of benzene rings is 1. The molecule has 0 radical (unpaired) electrons. The monoisotopic (exact) mass is 302 g/mol. The summed E-state index contributed by atoms with van der Waals surface area (Å²) >= 11 is 1.67. The molecular weight excluding hydrogens is 284 g/mol. The molecule has 1 heterocycles. The van der Waals surface area contributed by atoms with Gasteiger partial charge in [-0.2, -0.15) is 10.4 Å². The minimum atomic E-state index is 0.618. The van der Waals surface area contributed by atoms with Gasteiger partial charge in [-0.3, -0.25) is 4.68 Å². The van der Waals surface area contributed by atoms with Crippen molar-refractivity contribution in [2.45, 2.75) is 18.4 Å². The number of anilines is 2. The molecule has 1 N–H and O–H groups in total. The van der Waals surface area contributed by atoms with E-state index in [-0.39, 0.29) is 0 Å². The van der Waals surface area contributed by atoms with Gasteiger partial charge in [-0.15, -0.1) is 11.8 Å². The Morgan fingerprint density at radius 1 is 1.48 bits per heavy atom. The van der Waals surface area contributed by atoms with Crippen molar-refractivity contribution in [1.29, 1.82) is 5.26 Å². The van der Waals surface area contributed by atoms with Crippen LogP contribution in [0, 0.1) is 11.3 Å². The Kier molecular flexibility index (Phi) is 5.67. The average molecular weight is 302 g/mol. The Balaban J connectivity index is 2.17. The second-order valence-corrected chi connectivity index (χ2v) is 5.64. The summed E-state index contributed by atoms with van der Waals surface area (Å²) in [6, 6.07) is 8.11. The van der Waals surface area contributed by atoms with Gasteiger partial charge >= 0.3 is 0 Å². The van der Waals surface area contributed by atoms with Gasteiger partial charge in [0.1, 0.15) is 6.07 Å². The number of rotatable bonds is 7. The van der Waals surface area contributed by atoms with Crippen LogP contribution >= 0.6 is 11.8 Å². The zero-order valence-electron chi connectivity index (χ0n) is 12.2. The fourth-order valence-corrected chi connectivity index (χ4v) is 2.70. The van der Waals surface area contributed by atoms with E-state index in [9.17, 15) is 5.26 Å². The molecule has 0 fully saturated rings. The van der Waals surface area contributed by atoms with Crippen LogP contribution in [0.3, 0.4) is 0 Å². The lowest BCUT2D eigenvalue weighted by Gasteiger charge is -2.09. The molecule has 1 aromatic carbocycles. The number of hydrogen-bond donors (Lipinski definition) is 1. The van der Waals surface area contributed by atoms with Crippen molar-refractivity contribution in [1.82, 2.24) is 9.78 Å². The maximum atomic E-state index is 9.38. The first kappa shape index (κ1) is 15.4. The molecule has 0 aliphatic rings. The normalized spacial score (nSPS) is 10.3. The van der Waals surface area contributed by atoms with Crippen molar-refractivity contribution >= 4 is 23.1 Å². The van der Waals surface area contributed by atoms with Crippen LogP contribution in [-0.4, -0.2) is 29.3 Å². The minimum absolute atomic E-state index is 0.618. The highest BCUT2D eigenvalue weighted by atomic mass is 32.2. The Hall–Kier alpha value is -1.97. The van der Waals surface area contributed by atoms with Gasteiger partial charge in [0.15, 0.2) is 0 Å². The Labute approximate surface area is 128 Å². The lowest BCUT2D eigenvalue weighted by Crippen LogP contribution is -2.04. The van der Waals surface area contributed by atoms with E-state index in [1.165, 1.54) is 0 Å². The molecule has 0 aliphatic carbocycles. The highest BCUT2D eigenvalue weighted by Gasteiger charge is 2.09. The van der Waals surface area contributed by atoms with E-state index >= 15 is 0 Å². The number of ether oxygens (including phenoxy) is 1. The molecule has 0 unspecified atom stereocenters. The molecule has 1 aromatic heterocycles. The van der Waals surface area contributed by atoms with Gasteiger partial charge in [0, 0.05) is 18.2 Å². The number of nitrogens with zero attached hydrogens (tertiary/aromatic N) is 3. The van der Waals surface area contributed by atoms with Crippen molar-refractivity contribution in [3.05, 3.63) is 36.2 Å². The summed E-state index contributed by atoms with van der Waals surface area (Å²) in [5.41, 5.74) is 2.34. The lowest BCUT2D eigenvalue weighted by atomic mass is 10.2. The third kappa shape index (κ3) is 4.00. The summed E-state index contributed by atoms with van der Waals surface area (Å²) in [5.74, 6) is 0.938. The highest BCUT2D eigenvalue weighted by Crippen LogP contribution is 2.29. The number of nitrogens with one attached hydrogen (secondary N) is 1. The van der Waals surface area contributed by atoms with Crippen LogP contribution in [0.2, 0.25) is 0 Å². The first-order valence-electron chi connectivity index (χ1n) is 6.72. The third-order valence-corrected chi connectivity index (χ3v) is 3.81. The van der Waals surface area contributed by atoms with E-state index in [0.29, 0.717) is 18.7 Å². The Morgan fingerprint density at radius 2 is 2.33 bits per heavy atom. The molecule has 2 rings (SSSR count). The van der Waals surface area contributed by atoms with Crippen LogP contribution in [0.4, 0.5) is 11.4 Å². The summed E-state index contributed by atoms with van der Waals surface area (Å²) in [7, 11) is 1.67. The predicted octanol–water partition coefficient (Wildman–Crippen LogP) is 3.26. The molecule has 0 saturated heterocycles. The maximum Gasteiger partial charge on any atom is 0.103 e. The van der Waals surface area contributed by atoms with Gasteiger partial charge in [0.05, 0.1) is 36.3 Å². The van der Waals surface area contributed by atoms with E-state index in [4.69, 9.17) is 4.74 Å². The summed E-state index contributed by atoms with van der Waals surface area (Å²) in [5, 5.41) is 16.9. The molecular formula is C15H18N4OS. The standard InChI is InChI=1S/C15H18N4OS/c1-3-21-15-6-4-5-14(13(15)9-16)18-12-10-17-19(11-12)7-8-20-2/h4-6,10-11,18H,3,7-8H2,1-2H3. The number of thioether (sulfide) groups is 1. The first-order valence-corrected chi connectivity index (χ1v) is 7.71. The van der Waals surface area contributed by atoms with E-state index in [1.807, 2.05) is 29.1 Å². The van der Waals surface area contributed by atoms with Gasteiger partial charge in [0.2, 0.25) is 0 Å². The van der Waals surface area contributed by atoms with Crippen molar-refractivity contribution in [3.63, 3.8) is 0 Å². The fraction of sp³-hybridized carbons (Fsp3) is 0.333. The molecule has 0 spiro atoms. The molecule has 21 heavy (non-hydrogen) atoms. The van der Waals surface area contributed by atoms with Gasteiger partial charge in [-0.25, -0.2) is 0 Å². The molecule has 0 amide bonds. The summed E-state index contributed by atoms with van der Waals surface area (Å²) < 4.78 is 6.83. The quantitative estimate of drug-likeness (QED) is 0.795. The van der Waals surface area contributed by atoms with Gasteiger partial charge < -0.3 is 10.1 Å². The van der Waals surface area contributed by atoms with Crippen LogP contribution in [0.15, 0.2) is 35.5 Å². The third-order valence-electron chi connectivity index (χ3n) is 2.87. The lowest BCUT2D eigenvalue weighted by molar-refractivity contribution is 0.183. The average Bonchev–Trinajstić information content (AvgIpc) is 2.93. The van der Waals surface area contributed by atoms with Crippen LogP contribution in [-0.2, 0) is 11.3 Å². The molecule has 0 saturated carbocycles.